The summed E-state index contributed by atoms with van der Waals surface area (Å²) in [5.74, 6) is 0.964. The monoisotopic (exact) mass is 279 g/mol. The van der Waals surface area contributed by atoms with Crippen molar-refractivity contribution in [1.29, 1.82) is 0 Å². The molecule has 1 aromatic heterocycles. The molecule has 1 amide bonds. The van der Waals surface area contributed by atoms with Crippen LogP contribution in [0.15, 0.2) is 4.52 Å². The van der Waals surface area contributed by atoms with E-state index in [1.165, 1.54) is 0 Å². The zero-order chi connectivity index (χ0) is 14.5. The average Bonchev–Trinajstić information content (AvgIpc) is 2.77. The summed E-state index contributed by atoms with van der Waals surface area (Å²) in [4.78, 5) is 14.7. The summed E-state index contributed by atoms with van der Waals surface area (Å²) in [5.41, 5.74) is 1.78. The van der Waals surface area contributed by atoms with Gasteiger partial charge in [0, 0.05) is 18.2 Å². The number of hydrogen-bond donors (Lipinski definition) is 1. The van der Waals surface area contributed by atoms with Crippen molar-refractivity contribution < 1.29 is 9.32 Å². The highest BCUT2D eigenvalue weighted by Gasteiger charge is 2.26. The molecular formula is C15H25N3O2. The van der Waals surface area contributed by atoms with E-state index in [-0.39, 0.29) is 5.91 Å². The second-order valence-electron chi connectivity index (χ2n) is 5.55. The van der Waals surface area contributed by atoms with E-state index in [1.807, 2.05) is 13.8 Å². The molecule has 0 aromatic carbocycles. The molecule has 112 valence electrons. The topological polar surface area (TPSA) is 58.4 Å². The minimum atomic E-state index is 0.202. The van der Waals surface area contributed by atoms with Crippen LogP contribution < -0.4 is 5.32 Å². The Balaban J connectivity index is 2.06. The minimum absolute atomic E-state index is 0.202. The molecule has 5 heteroatoms. The van der Waals surface area contributed by atoms with E-state index >= 15 is 0 Å². The fourth-order valence-corrected chi connectivity index (χ4v) is 2.88. The molecule has 1 fully saturated rings. The number of amides is 1. The molecule has 1 aliphatic heterocycles. The van der Waals surface area contributed by atoms with Gasteiger partial charge in [0.25, 0.3) is 0 Å². The molecule has 5 nitrogen and oxygen atoms in total. The molecular weight excluding hydrogens is 254 g/mol. The normalized spacial score (nSPS) is 16.4. The van der Waals surface area contributed by atoms with Gasteiger partial charge in [-0.25, -0.2) is 0 Å². The van der Waals surface area contributed by atoms with Crippen LogP contribution in [0.5, 0.6) is 0 Å². The molecule has 2 heterocycles. The zero-order valence-electron chi connectivity index (χ0n) is 12.7. The predicted octanol–water partition coefficient (Wildman–Crippen LogP) is 1.82. The van der Waals surface area contributed by atoms with Crippen LogP contribution in [-0.2, 0) is 11.2 Å². The Kier molecular flexibility index (Phi) is 5.17. The van der Waals surface area contributed by atoms with Gasteiger partial charge in [0.05, 0.1) is 12.1 Å². The van der Waals surface area contributed by atoms with E-state index in [0.717, 1.165) is 55.9 Å². The van der Waals surface area contributed by atoms with E-state index in [0.29, 0.717) is 12.5 Å². The number of aryl methyl sites for hydroxylation is 2. The first-order valence-electron chi connectivity index (χ1n) is 7.55. The van der Waals surface area contributed by atoms with Crippen LogP contribution in [0, 0.1) is 13.8 Å². The van der Waals surface area contributed by atoms with E-state index in [2.05, 4.69) is 22.3 Å². The van der Waals surface area contributed by atoms with Crippen LogP contribution >= 0.6 is 0 Å². The standard InChI is InChI=1S/C15H25N3O2/c1-4-9-18(13-5-7-16-8-6-13)15(19)10-14-11(2)17-20-12(14)3/h13,16H,4-10H2,1-3H3. The van der Waals surface area contributed by atoms with Crippen LogP contribution in [0.4, 0.5) is 0 Å². The van der Waals surface area contributed by atoms with Gasteiger partial charge in [-0.05, 0) is 46.2 Å². The predicted molar refractivity (Wildman–Crippen MR) is 77.6 cm³/mol. The first-order valence-corrected chi connectivity index (χ1v) is 7.55. The van der Waals surface area contributed by atoms with Crippen molar-refractivity contribution in [3.8, 4) is 0 Å². The van der Waals surface area contributed by atoms with Crippen molar-refractivity contribution in [2.45, 2.75) is 52.5 Å². The summed E-state index contributed by atoms with van der Waals surface area (Å²) in [6.45, 7) is 8.74. The zero-order valence-corrected chi connectivity index (χ0v) is 12.7. The van der Waals surface area contributed by atoms with E-state index in [1.54, 1.807) is 0 Å². The third kappa shape index (κ3) is 3.39. The van der Waals surface area contributed by atoms with Gasteiger partial charge in [0.1, 0.15) is 5.76 Å². The van der Waals surface area contributed by atoms with Crippen LogP contribution in [0.2, 0.25) is 0 Å². The third-order valence-corrected chi connectivity index (χ3v) is 4.04. The van der Waals surface area contributed by atoms with Crippen LogP contribution in [0.3, 0.4) is 0 Å². The number of carbonyl (C=O) groups excluding carboxylic acids is 1. The van der Waals surface area contributed by atoms with Crippen molar-refractivity contribution in [1.82, 2.24) is 15.4 Å². The number of hydrogen-bond acceptors (Lipinski definition) is 4. The van der Waals surface area contributed by atoms with Gasteiger partial charge in [-0.15, -0.1) is 0 Å². The SMILES string of the molecule is CCCN(C(=O)Cc1c(C)noc1C)C1CCNCC1. The number of carbonyl (C=O) groups is 1. The highest BCUT2D eigenvalue weighted by molar-refractivity contribution is 5.79. The lowest BCUT2D eigenvalue weighted by atomic mass is 10.0. The molecule has 1 aliphatic rings. The smallest absolute Gasteiger partial charge is 0.227 e. The molecule has 1 aromatic rings. The largest absolute Gasteiger partial charge is 0.361 e. The number of piperidine rings is 1. The molecule has 1 saturated heterocycles. The van der Waals surface area contributed by atoms with Gasteiger partial charge < -0.3 is 14.7 Å². The number of nitrogens with one attached hydrogen (secondary N) is 1. The van der Waals surface area contributed by atoms with Crippen molar-refractivity contribution in [2.75, 3.05) is 19.6 Å². The summed E-state index contributed by atoms with van der Waals surface area (Å²) in [7, 11) is 0. The van der Waals surface area contributed by atoms with Crippen LogP contribution in [0.1, 0.15) is 43.2 Å². The van der Waals surface area contributed by atoms with Crippen molar-refractivity contribution >= 4 is 5.91 Å². The van der Waals surface area contributed by atoms with Gasteiger partial charge in [-0.2, -0.15) is 0 Å². The molecule has 0 unspecified atom stereocenters. The van der Waals surface area contributed by atoms with Crippen LogP contribution in [0.25, 0.3) is 0 Å². The van der Waals surface area contributed by atoms with Gasteiger partial charge in [-0.1, -0.05) is 12.1 Å². The molecule has 0 atom stereocenters. The second kappa shape index (κ2) is 6.88. The van der Waals surface area contributed by atoms with Gasteiger partial charge in [-0.3, -0.25) is 4.79 Å². The summed E-state index contributed by atoms with van der Waals surface area (Å²) >= 11 is 0. The summed E-state index contributed by atoms with van der Waals surface area (Å²) in [5, 5.41) is 7.28. The maximum absolute atomic E-state index is 12.6. The number of nitrogens with zero attached hydrogens (tertiary/aromatic N) is 2. The first kappa shape index (κ1) is 15.0. The summed E-state index contributed by atoms with van der Waals surface area (Å²) in [6, 6.07) is 0.379. The molecule has 1 N–H and O–H groups in total. The van der Waals surface area contributed by atoms with Crippen molar-refractivity contribution in [2.24, 2.45) is 0 Å². The third-order valence-electron chi connectivity index (χ3n) is 4.04. The van der Waals surface area contributed by atoms with Gasteiger partial charge in [0.15, 0.2) is 0 Å². The van der Waals surface area contributed by atoms with E-state index < -0.39 is 0 Å². The fraction of sp³-hybridized carbons (Fsp3) is 0.733. The number of rotatable bonds is 5. The molecule has 20 heavy (non-hydrogen) atoms. The minimum Gasteiger partial charge on any atom is -0.361 e. The second-order valence-corrected chi connectivity index (χ2v) is 5.55. The Hall–Kier alpha value is -1.36. The Morgan fingerprint density at radius 3 is 2.65 bits per heavy atom. The van der Waals surface area contributed by atoms with Gasteiger partial charge >= 0.3 is 0 Å². The Labute approximate surface area is 120 Å². The summed E-state index contributed by atoms with van der Waals surface area (Å²) < 4.78 is 5.15. The molecule has 0 aliphatic carbocycles. The Morgan fingerprint density at radius 2 is 2.10 bits per heavy atom. The highest BCUT2D eigenvalue weighted by atomic mass is 16.5. The maximum Gasteiger partial charge on any atom is 0.227 e. The van der Waals surface area contributed by atoms with E-state index in [4.69, 9.17) is 4.52 Å². The van der Waals surface area contributed by atoms with Crippen LogP contribution in [-0.4, -0.2) is 41.6 Å². The molecule has 2 rings (SSSR count). The van der Waals surface area contributed by atoms with E-state index in [9.17, 15) is 4.79 Å². The highest BCUT2D eigenvalue weighted by Crippen LogP contribution is 2.18. The fourth-order valence-electron chi connectivity index (χ4n) is 2.88. The molecule has 0 saturated carbocycles. The van der Waals surface area contributed by atoms with Crippen molar-refractivity contribution in [3.63, 3.8) is 0 Å². The lowest BCUT2D eigenvalue weighted by Crippen LogP contribution is -2.47. The summed E-state index contributed by atoms with van der Waals surface area (Å²) in [6.07, 6.45) is 3.50. The number of aromatic nitrogens is 1. The molecule has 0 spiro atoms. The lowest BCUT2D eigenvalue weighted by molar-refractivity contribution is -0.133. The Morgan fingerprint density at radius 1 is 1.40 bits per heavy atom. The maximum atomic E-state index is 12.6. The first-order chi connectivity index (χ1) is 9.63. The Bertz CT molecular complexity index is 430. The van der Waals surface area contributed by atoms with Crippen molar-refractivity contribution in [3.05, 3.63) is 17.0 Å². The molecule has 0 bridgehead atoms. The average molecular weight is 279 g/mol. The molecule has 0 radical (unpaired) electrons. The van der Waals surface area contributed by atoms with Gasteiger partial charge in [0.2, 0.25) is 5.91 Å². The lowest BCUT2D eigenvalue weighted by Gasteiger charge is -2.34. The quantitative estimate of drug-likeness (QED) is 0.893.